The van der Waals surface area contributed by atoms with Crippen molar-refractivity contribution in [1.29, 1.82) is 0 Å². The topological polar surface area (TPSA) is 58.4 Å². The lowest BCUT2D eigenvalue weighted by Gasteiger charge is -2.17. The summed E-state index contributed by atoms with van der Waals surface area (Å²) in [4.78, 5) is 13.8. The van der Waals surface area contributed by atoms with Gasteiger partial charge in [0, 0.05) is 25.6 Å². The largest absolute Gasteiger partial charge is 0.356 e. The Balaban J connectivity index is 2.10. The zero-order valence-electron chi connectivity index (χ0n) is 12.6. The lowest BCUT2D eigenvalue weighted by atomic mass is 10.1. The van der Waals surface area contributed by atoms with Crippen LogP contribution in [-0.4, -0.2) is 37.0 Å². The summed E-state index contributed by atoms with van der Waals surface area (Å²) < 4.78 is 0. The Hall–Kier alpha value is -1.39. The van der Waals surface area contributed by atoms with Crippen LogP contribution in [-0.2, 0) is 11.3 Å². The molecule has 20 heavy (non-hydrogen) atoms. The molecule has 4 nitrogen and oxygen atoms in total. The summed E-state index contributed by atoms with van der Waals surface area (Å²) >= 11 is 0. The molecule has 1 rings (SSSR count). The van der Waals surface area contributed by atoms with Crippen molar-refractivity contribution in [3.63, 3.8) is 0 Å². The zero-order valence-corrected chi connectivity index (χ0v) is 12.6. The maximum atomic E-state index is 11.5. The van der Waals surface area contributed by atoms with Crippen LogP contribution < -0.4 is 11.1 Å². The van der Waals surface area contributed by atoms with E-state index in [9.17, 15) is 4.79 Å². The van der Waals surface area contributed by atoms with Crippen LogP contribution in [0.1, 0.15) is 31.7 Å². The lowest BCUT2D eigenvalue weighted by molar-refractivity contribution is -0.121. The molecule has 0 heterocycles. The fourth-order valence-corrected chi connectivity index (χ4v) is 2.01. The van der Waals surface area contributed by atoms with E-state index in [4.69, 9.17) is 5.73 Å². The molecule has 0 aliphatic rings. The molecule has 0 aliphatic heterocycles. The Morgan fingerprint density at radius 1 is 1.35 bits per heavy atom. The number of nitrogens with zero attached hydrogens (tertiary/aromatic N) is 1. The Labute approximate surface area is 122 Å². The van der Waals surface area contributed by atoms with Gasteiger partial charge in [0.1, 0.15) is 0 Å². The molecule has 0 aromatic heterocycles. The van der Waals surface area contributed by atoms with Crippen molar-refractivity contribution in [2.24, 2.45) is 5.73 Å². The highest BCUT2D eigenvalue weighted by Gasteiger charge is 2.06. The predicted molar refractivity (Wildman–Crippen MR) is 83.3 cm³/mol. The van der Waals surface area contributed by atoms with E-state index in [1.807, 2.05) is 13.0 Å². The highest BCUT2D eigenvalue weighted by molar-refractivity contribution is 5.76. The van der Waals surface area contributed by atoms with Gasteiger partial charge in [-0.25, -0.2) is 0 Å². The average molecular weight is 277 g/mol. The number of hydrogen-bond acceptors (Lipinski definition) is 3. The van der Waals surface area contributed by atoms with Gasteiger partial charge in [0.05, 0.1) is 0 Å². The molecule has 0 fully saturated rings. The minimum absolute atomic E-state index is 0.0178. The number of hydrogen-bond donors (Lipinski definition) is 2. The first-order valence-electron chi connectivity index (χ1n) is 7.36. The molecule has 1 unspecified atom stereocenters. The Kier molecular flexibility index (Phi) is 7.92. The lowest BCUT2D eigenvalue weighted by Crippen LogP contribution is -2.33. The molecule has 3 N–H and O–H groups in total. The number of amides is 1. The third-order valence-electron chi connectivity index (χ3n) is 3.31. The molecule has 1 amide bonds. The van der Waals surface area contributed by atoms with E-state index < -0.39 is 0 Å². The van der Waals surface area contributed by atoms with E-state index in [1.165, 1.54) is 5.56 Å². The van der Waals surface area contributed by atoms with Crippen molar-refractivity contribution in [3.05, 3.63) is 35.9 Å². The molecule has 0 saturated heterocycles. The fourth-order valence-electron chi connectivity index (χ4n) is 2.01. The Morgan fingerprint density at radius 3 is 2.70 bits per heavy atom. The first-order valence-corrected chi connectivity index (χ1v) is 7.36. The van der Waals surface area contributed by atoms with Gasteiger partial charge in [-0.2, -0.15) is 0 Å². The highest BCUT2D eigenvalue weighted by Crippen LogP contribution is 2.02. The Bertz CT molecular complexity index is 381. The van der Waals surface area contributed by atoms with E-state index in [1.54, 1.807) is 0 Å². The third-order valence-corrected chi connectivity index (χ3v) is 3.31. The molecule has 4 heteroatoms. The average Bonchev–Trinajstić information content (AvgIpc) is 2.44. The maximum absolute atomic E-state index is 11.5. The smallest absolute Gasteiger partial charge is 0.221 e. The summed E-state index contributed by atoms with van der Waals surface area (Å²) in [6, 6.07) is 10.4. The van der Waals surface area contributed by atoms with E-state index in [2.05, 4.69) is 41.5 Å². The van der Waals surface area contributed by atoms with E-state index in [0.29, 0.717) is 13.0 Å². The molecule has 1 aromatic rings. The number of nitrogens with one attached hydrogen (secondary N) is 1. The third kappa shape index (κ3) is 7.26. The van der Waals surface area contributed by atoms with Gasteiger partial charge in [-0.05, 0) is 32.0 Å². The number of rotatable bonds is 9. The molecule has 1 aromatic carbocycles. The fraction of sp³-hybridized carbons (Fsp3) is 0.562. The minimum Gasteiger partial charge on any atom is -0.356 e. The van der Waals surface area contributed by atoms with Gasteiger partial charge in [-0.15, -0.1) is 0 Å². The Morgan fingerprint density at radius 2 is 2.05 bits per heavy atom. The normalized spacial score (nSPS) is 12.4. The quantitative estimate of drug-likeness (QED) is 0.676. The molecular weight excluding hydrogens is 250 g/mol. The van der Waals surface area contributed by atoms with Crippen LogP contribution in [0.5, 0.6) is 0 Å². The van der Waals surface area contributed by atoms with E-state index in [0.717, 1.165) is 25.9 Å². The van der Waals surface area contributed by atoms with Gasteiger partial charge >= 0.3 is 0 Å². The van der Waals surface area contributed by atoms with E-state index in [-0.39, 0.29) is 11.9 Å². The summed E-state index contributed by atoms with van der Waals surface area (Å²) in [6.45, 7) is 4.62. The molecule has 0 radical (unpaired) electrons. The monoisotopic (exact) mass is 277 g/mol. The molecule has 1 atom stereocenters. The highest BCUT2D eigenvalue weighted by atomic mass is 16.1. The SMILES string of the molecule is CCC(N)CC(=O)NCCCN(C)Cc1ccccc1. The van der Waals surface area contributed by atoms with E-state index >= 15 is 0 Å². The predicted octanol–water partition coefficient (Wildman–Crippen LogP) is 1.75. The van der Waals surface area contributed by atoms with Crippen LogP contribution in [0.4, 0.5) is 0 Å². The van der Waals surface area contributed by atoms with Gasteiger partial charge in [0.2, 0.25) is 5.91 Å². The first kappa shape index (κ1) is 16.7. The number of nitrogens with two attached hydrogens (primary N) is 1. The second-order valence-corrected chi connectivity index (χ2v) is 5.30. The van der Waals surface area contributed by atoms with Crippen LogP contribution in [0, 0.1) is 0 Å². The molecule has 0 bridgehead atoms. The molecular formula is C16H27N3O. The second kappa shape index (κ2) is 9.50. The van der Waals surface area contributed by atoms with Crippen molar-refractivity contribution in [3.8, 4) is 0 Å². The van der Waals surface area contributed by atoms with Crippen LogP contribution in [0.15, 0.2) is 30.3 Å². The van der Waals surface area contributed by atoms with Crippen LogP contribution in [0.25, 0.3) is 0 Å². The zero-order chi connectivity index (χ0) is 14.8. The molecule has 0 aliphatic carbocycles. The molecule has 0 saturated carbocycles. The van der Waals surface area contributed by atoms with Crippen molar-refractivity contribution in [2.75, 3.05) is 20.1 Å². The first-order chi connectivity index (χ1) is 9.61. The second-order valence-electron chi connectivity index (χ2n) is 5.30. The van der Waals surface area contributed by atoms with Gasteiger partial charge < -0.3 is 16.0 Å². The summed E-state index contributed by atoms with van der Waals surface area (Å²) in [5, 5.41) is 2.92. The number of carbonyl (C=O) groups is 1. The minimum atomic E-state index is -0.0178. The van der Waals surface area contributed by atoms with Crippen LogP contribution >= 0.6 is 0 Å². The molecule has 112 valence electrons. The van der Waals surface area contributed by atoms with Crippen LogP contribution in [0.2, 0.25) is 0 Å². The van der Waals surface area contributed by atoms with Gasteiger partial charge in [0.15, 0.2) is 0 Å². The number of carbonyl (C=O) groups excluding carboxylic acids is 1. The summed E-state index contributed by atoms with van der Waals surface area (Å²) in [5.74, 6) is 0.0602. The van der Waals surface area contributed by atoms with Gasteiger partial charge in [0.25, 0.3) is 0 Å². The standard InChI is InChI=1S/C16H27N3O/c1-3-15(17)12-16(20)18-10-7-11-19(2)13-14-8-5-4-6-9-14/h4-6,8-9,15H,3,7,10-13,17H2,1-2H3,(H,18,20). The van der Waals surface area contributed by atoms with Crippen molar-refractivity contribution in [2.45, 2.75) is 38.8 Å². The maximum Gasteiger partial charge on any atom is 0.221 e. The molecule has 0 spiro atoms. The number of benzene rings is 1. The van der Waals surface area contributed by atoms with Crippen molar-refractivity contribution in [1.82, 2.24) is 10.2 Å². The van der Waals surface area contributed by atoms with Crippen molar-refractivity contribution < 1.29 is 4.79 Å². The van der Waals surface area contributed by atoms with Gasteiger partial charge in [-0.1, -0.05) is 37.3 Å². The van der Waals surface area contributed by atoms with Crippen molar-refractivity contribution >= 4 is 5.91 Å². The summed E-state index contributed by atoms with van der Waals surface area (Å²) in [7, 11) is 2.10. The summed E-state index contributed by atoms with van der Waals surface area (Å²) in [6.07, 6.45) is 2.22. The van der Waals surface area contributed by atoms with Gasteiger partial charge in [-0.3, -0.25) is 4.79 Å². The summed E-state index contributed by atoms with van der Waals surface area (Å²) in [5.41, 5.74) is 7.06. The van der Waals surface area contributed by atoms with Crippen LogP contribution in [0.3, 0.4) is 0 Å².